The summed E-state index contributed by atoms with van der Waals surface area (Å²) in [6.07, 6.45) is 6.18. The Bertz CT molecular complexity index is 948. The molecule has 1 aliphatic heterocycles. The fourth-order valence-corrected chi connectivity index (χ4v) is 3.96. The number of H-pyrrole nitrogens is 1. The van der Waals surface area contributed by atoms with Gasteiger partial charge in [-0.15, -0.1) is 0 Å². The van der Waals surface area contributed by atoms with Crippen LogP contribution >= 0.6 is 0 Å². The van der Waals surface area contributed by atoms with Gasteiger partial charge in [-0.1, -0.05) is 6.07 Å². The largest absolute Gasteiger partial charge is 0.357 e. The molecule has 1 aliphatic carbocycles. The number of aryl methyl sites for hydroxylation is 1. The van der Waals surface area contributed by atoms with Gasteiger partial charge in [-0.3, -0.25) is 14.4 Å². The zero-order chi connectivity index (χ0) is 21.1. The molecule has 2 aromatic rings. The van der Waals surface area contributed by atoms with Crippen LogP contribution in [0.1, 0.15) is 70.0 Å². The SMILES string of the molecule is Cc1cc(C2CC2)c(C(=O)NCCCN2CCCC2=O)cc1NC(=O)c1ccc[nH]1. The minimum atomic E-state index is -0.232. The van der Waals surface area contributed by atoms with Crippen LogP contribution in [0, 0.1) is 6.92 Å². The first kappa shape index (κ1) is 20.2. The Kier molecular flexibility index (Phi) is 5.88. The Morgan fingerprint density at radius 3 is 2.73 bits per heavy atom. The van der Waals surface area contributed by atoms with Gasteiger partial charge in [0, 0.05) is 43.5 Å². The van der Waals surface area contributed by atoms with E-state index in [0.717, 1.165) is 43.4 Å². The third kappa shape index (κ3) is 4.56. The molecule has 1 saturated carbocycles. The first-order chi connectivity index (χ1) is 14.5. The van der Waals surface area contributed by atoms with Crippen LogP contribution in [0.2, 0.25) is 0 Å². The molecular formula is C23H28N4O3. The van der Waals surface area contributed by atoms with Crippen LogP contribution in [0.5, 0.6) is 0 Å². The summed E-state index contributed by atoms with van der Waals surface area (Å²) in [5.74, 6) is 0.266. The maximum absolute atomic E-state index is 12.9. The number of anilines is 1. The molecule has 3 amide bonds. The van der Waals surface area contributed by atoms with Crippen LogP contribution in [0.25, 0.3) is 0 Å². The predicted octanol–water partition coefficient (Wildman–Crippen LogP) is 3.20. The van der Waals surface area contributed by atoms with E-state index in [1.165, 1.54) is 0 Å². The first-order valence-corrected chi connectivity index (χ1v) is 10.7. The average Bonchev–Trinajstić information content (AvgIpc) is 3.26. The number of aromatic nitrogens is 1. The molecule has 7 heteroatoms. The fourth-order valence-electron chi connectivity index (χ4n) is 3.96. The topological polar surface area (TPSA) is 94.3 Å². The zero-order valence-electron chi connectivity index (χ0n) is 17.3. The molecule has 4 rings (SSSR count). The normalized spacial score (nSPS) is 16.0. The van der Waals surface area contributed by atoms with E-state index < -0.39 is 0 Å². The molecule has 7 nitrogen and oxygen atoms in total. The van der Waals surface area contributed by atoms with E-state index in [0.29, 0.717) is 42.4 Å². The highest BCUT2D eigenvalue weighted by molar-refractivity contribution is 6.05. The lowest BCUT2D eigenvalue weighted by molar-refractivity contribution is -0.127. The summed E-state index contributed by atoms with van der Waals surface area (Å²) in [5.41, 5.74) is 3.75. The van der Waals surface area contributed by atoms with Gasteiger partial charge in [0.05, 0.1) is 0 Å². The highest BCUT2D eigenvalue weighted by atomic mass is 16.2. The van der Waals surface area contributed by atoms with Crippen LogP contribution in [0.15, 0.2) is 30.5 Å². The number of nitrogens with one attached hydrogen (secondary N) is 3. The van der Waals surface area contributed by atoms with Crippen molar-refractivity contribution in [2.75, 3.05) is 25.0 Å². The van der Waals surface area contributed by atoms with E-state index >= 15 is 0 Å². The van der Waals surface area contributed by atoms with Gasteiger partial charge < -0.3 is 20.5 Å². The Labute approximate surface area is 176 Å². The monoisotopic (exact) mass is 408 g/mol. The van der Waals surface area contributed by atoms with Gasteiger partial charge >= 0.3 is 0 Å². The van der Waals surface area contributed by atoms with Crippen molar-refractivity contribution >= 4 is 23.4 Å². The number of carbonyl (C=O) groups excluding carboxylic acids is 3. The van der Waals surface area contributed by atoms with E-state index in [1.54, 1.807) is 24.4 Å². The van der Waals surface area contributed by atoms with Gasteiger partial charge in [-0.2, -0.15) is 0 Å². The molecule has 0 atom stereocenters. The number of nitrogens with zero attached hydrogens (tertiary/aromatic N) is 1. The minimum Gasteiger partial charge on any atom is -0.357 e. The lowest BCUT2D eigenvalue weighted by Gasteiger charge is -2.17. The quantitative estimate of drug-likeness (QED) is 0.586. The fraction of sp³-hybridized carbons (Fsp3) is 0.435. The Balaban J connectivity index is 1.43. The number of likely N-dealkylation sites (tertiary alicyclic amines) is 1. The first-order valence-electron chi connectivity index (χ1n) is 10.7. The standard InChI is InChI=1S/C23H28N4O3/c1-15-13-17(16-7-8-16)18(14-20(15)26-23(30)19-5-2-9-24-19)22(29)25-10-4-12-27-11-3-6-21(27)28/h2,5,9,13-14,16,24H,3-4,6-8,10-12H2,1H3,(H,25,29)(H,26,30). The van der Waals surface area contributed by atoms with Crippen LogP contribution < -0.4 is 10.6 Å². The Hall–Kier alpha value is -3.09. The van der Waals surface area contributed by atoms with Gasteiger partial charge in [0.1, 0.15) is 5.69 Å². The molecule has 2 aliphatic rings. The van der Waals surface area contributed by atoms with Crippen LogP contribution in [0.3, 0.4) is 0 Å². The smallest absolute Gasteiger partial charge is 0.272 e. The second kappa shape index (κ2) is 8.73. The van der Waals surface area contributed by atoms with Crippen LogP contribution in [-0.4, -0.2) is 47.2 Å². The predicted molar refractivity (Wildman–Crippen MR) is 115 cm³/mol. The summed E-state index contributed by atoms with van der Waals surface area (Å²) in [5, 5.41) is 5.90. The van der Waals surface area contributed by atoms with Gasteiger partial charge in [-0.05, 0) is 67.9 Å². The molecule has 158 valence electrons. The molecule has 0 bridgehead atoms. The second-order valence-electron chi connectivity index (χ2n) is 8.16. The Morgan fingerprint density at radius 2 is 2.07 bits per heavy atom. The number of amides is 3. The van der Waals surface area contributed by atoms with E-state index in [1.807, 2.05) is 17.9 Å². The summed E-state index contributed by atoms with van der Waals surface area (Å²) in [4.78, 5) is 41.8. The summed E-state index contributed by atoms with van der Waals surface area (Å²) in [6, 6.07) is 7.30. The van der Waals surface area contributed by atoms with Crippen molar-refractivity contribution < 1.29 is 14.4 Å². The maximum Gasteiger partial charge on any atom is 0.272 e. The lowest BCUT2D eigenvalue weighted by Crippen LogP contribution is -2.31. The number of aromatic amines is 1. The van der Waals surface area contributed by atoms with Crippen molar-refractivity contribution in [2.45, 2.75) is 44.9 Å². The molecule has 2 heterocycles. The third-order valence-electron chi connectivity index (χ3n) is 5.81. The summed E-state index contributed by atoms with van der Waals surface area (Å²) in [7, 11) is 0. The molecular weight excluding hydrogens is 380 g/mol. The van der Waals surface area contributed by atoms with E-state index in [9.17, 15) is 14.4 Å². The van der Waals surface area contributed by atoms with E-state index in [-0.39, 0.29) is 17.7 Å². The summed E-state index contributed by atoms with van der Waals surface area (Å²) < 4.78 is 0. The minimum absolute atomic E-state index is 0.125. The molecule has 1 aromatic carbocycles. The summed E-state index contributed by atoms with van der Waals surface area (Å²) in [6.45, 7) is 3.97. The van der Waals surface area contributed by atoms with Crippen LogP contribution in [-0.2, 0) is 4.79 Å². The number of rotatable bonds is 8. The van der Waals surface area contributed by atoms with Crippen molar-refractivity contribution in [3.05, 3.63) is 52.8 Å². The van der Waals surface area contributed by atoms with Crippen molar-refractivity contribution in [1.29, 1.82) is 0 Å². The van der Waals surface area contributed by atoms with Crippen LogP contribution in [0.4, 0.5) is 5.69 Å². The Morgan fingerprint density at radius 1 is 1.23 bits per heavy atom. The van der Waals surface area contributed by atoms with Gasteiger partial charge in [0.15, 0.2) is 0 Å². The molecule has 0 unspecified atom stereocenters. The van der Waals surface area contributed by atoms with Gasteiger partial charge in [0.25, 0.3) is 11.8 Å². The number of benzene rings is 1. The van der Waals surface area contributed by atoms with Crippen molar-refractivity contribution in [3.8, 4) is 0 Å². The van der Waals surface area contributed by atoms with Crippen molar-refractivity contribution in [3.63, 3.8) is 0 Å². The van der Waals surface area contributed by atoms with E-state index in [2.05, 4.69) is 15.6 Å². The number of carbonyl (C=O) groups is 3. The molecule has 1 aromatic heterocycles. The zero-order valence-corrected chi connectivity index (χ0v) is 17.3. The molecule has 30 heavy (non-hydrogen) atoms. The average molecular weight is 409 g/mol. The highest BCUT2D eigenvalue weighted by Crippen LogP contribution is 2.43. The second-order valence-corrected chi connectivity index (χ2v) is 8.16. The van der Waals surface area contributed by atoms with E-state index in [4.69, 9.17) is 0 Å². The van der Waals surface area contributed by atoms with Crippen molar-refractivity contribution in [1.82, 2.24) is 15.2 Å². The molecule has 2 fully saturated rings. The third-order valence-corrected chi connectivity index (χ3v) is 5.81. The number of hydrogen-bond acceptors (Lipinski definition) is 3. The molecule has 3 N–H and O–H groups in total. The highest BCUT2D eigenvalue weighted by Gasteiger charge is 2.29. The van der Waals surface area contributed by atoms with Gasteiger partial charge in [-0.25, -0.2) is 0 Å². The maximum atomic E-state index is 12.9. The molecule has 0 radical (unpaired) electrons. The summed E-state index contributed by atoms with van der Waals surface area (Å²) >= 11 is 0. The molecule has 0 spiro atoms. The van der Waals surface area contributed by atoms with Crippen molar-refractivity contribution in [2.24, 2.45) is 0 Å². The lowest BCUT2D eigenvalue weighted by atomic mass is 9.98. The number of hydrogen-bond donors (Lipinski definition) is 3. The molecule has 1 saturated heterocycles. The van der Waals surface area contributed by atoms with Gasteiger partial charge in [0.2, 0.25) is 5.91 Å².